The van der Waals surface area contributed by atoms with Crippen LogP contribution in [0, 0.1) is 5.41 Å². The van der Waals surface area contributed by atoms with Crippen LogP contribution in [0.5, 0.6) is 0 Å². The Morgan fingerprint density at radius 3 is 2.79 bits per heavy atom. The van der Waals surface area contributed by atoms with E-state index in [0.29, 0.717) is 18.8 Å². The fourth-order valence-corrected chi connectivity index (χ4v) is 4.31. The molecule has 106 valence electrons. The van der Waals surface area contributed by atoms with Crippen LogP contribution in [-0.2, 0) is 10.0 Å². The Bertz CT molecular complexity index is 555. The lowest BCUT2D eigenvalue weighted by molar-refractivity contribution is 0.187. The van der Waals surface area contributed by atoms with Crippen molar-refractivity contribution in [3.05, 3.63) is 18.5 Å². The predicted molar refractivity (Wildman–Crippen MR) is 75.6 cm³/mol. The number of piperidine rings is 1. The SMILES string of the molecule is CNc1ccncc1S(=O)(=O)N1CCCC(C)(C)C1. The zero-order chi connectivity index (χ0) is 14.1. The molecule has 5 nitrogen and oxygen atoms in total. The minimum absolute atomic E-state index is 0.0351. The van der Waals surface area contributed by atoms with Crippen molar-refractivity contribution in [1.82, 2.24) is 9.29 Å². The summed E-state index contributed by atoms with van der Waals surface area (Å²) in [5.41, 5.74) is 0.631. The summed E-state index contributed by atoms with van der Waals surface area (Å²) in [6.45, 7) is 5.37. The topological polar surface area (TPSA) is 62.3 Å². The molecule has 0 bridgehead atoms. The first-order valence-corrected chi connectivity index (χ1v) is 7.93. The highest BCUT2D eigenvalue weighted by Crippen LogP contribution is 2.33. The fourth-order valence-electron chi connectivity index (χ4n) is 2.51. The van der Waals surface area contributed by atoms with Crippen molar-refractivity contribution in [2.24, 2.45) is 5.41 Å². The number of hydrogen-bond donors (Lipinski definition) is 1. The van der Waals surface area contributed by atoms with E-state index in [1.165, 1.54) is 6.20 Å². The van der Waals surface area contributed by atoms with Crippen molar-refractivity contribution in [1.29, 1.82) is 0 Å². The summed E-state index contributed by atoms with van der Waals surface area (Å²) in [5, 5.41) is 2.92. The Labute approximate surface area is 115 Å². The molecule has 0 aromatic carbocycles. The van der Waals surface area contributed by atoms with Crippen LogP contribution >= 0.6 is 0 Å². The van der Waals surface area contributed by atoms with Crippen LogP contribution in [0.2, 0.25) is 0 Å². The van der Waals surface area contributed by atoms with Gasteiger partial charge < -0.3 is 5.32 Å². The quantitative estimate of drug-likeness (QED) is 0.921. The summed E-state index contributed by atoms with van der Waals surface area (Å²) >= 11 is 0. The summed E-state index contributed by atoms with van der Waals surface area (Å²) in [6.07, 6.45) is 4.97. The van der Waals surface area contributed by atoms with Gasteiger partial charge in [0, 0.05) is 32.5 Å². The summed E-state index contributed by atoms with van der Waals surface area (Å²) < 4.78 is 27.0. The highest BCUT2D eigenvalue weighted by molar-refractivity contribution is 7.89. The van der Waals surface area contributed by atoms with E-state index in [2.05, 4.69) is 24.1 Å². The molecule has 2 heterocycles. The minimum atomic E-state index is -3.47. The van der Waals surface area contributed by atoms with E-state index in [4.69, 9.17) is 0 Å². The van der Waals surface area contributed by atoms with Gasteiger partial charge in [0.2, 0.25) is 10.0 Å². The Balaban J connectivity index is 2.37. The molecule has 0 spiro atoms. The first-order valence-electron chi connectivity index (χ1n) is 6.49. The van der Waals surface area contributed by atoms with E-state index in [1.807, 2.05) is 0 Å². The summed E-state index contributed by atoms with van der Waals surface area (Å²) in [4.78, 5) is 4.20. The molecule has 0 aliphatic carbocycles. The van der Waals surface area contributed by atoms with Crippen LogP contribution in [-0.4, -0.2) is 37.8 Å². The maximum Gasteiger partial charge on any atom is 0.246 e. The van der Waals surface area contributed by atoms with Gasteiger partial charge in [-0.3, -0.25) is 4.98 Å². The lowest BCUT2D eigenvalue weighted by atomic mass is 9.85. The van der Waals surface area contributed by atoms with Gasteiger partial charge >= 0.3 is 0 Å². The highest BCUT2D eigenvalue weighted by atomic mass is 32.2. The number of nitrogens with zero attached hydrogens (tertiary/aromatic N) is 2. The van der Waals surface area contributed by atoms with Crippen LogP contribution < -0.4 is 5.32 Å². The van der Waals surface area contributed by atoms with Gasteiger partial charge in [0.15, 0.2) is 0 Å². The highest BCUT2D eigenvalue weighted by Gasteiger charge is 2.35. The number of rotatable bonds is 3. The van der Waals surface area contributed by atoms with Crippen molar-refractivity contribution >= 4 is 15.7 Å². The van der Waals surface area contributed by atoms with Gasteiger partial charge in [0.1, 0.15) is 4.90 Å². The van der Waals surface area contributed by atoms with Gasteiger partial charge in [0.05, 0.1) is 5.69 Å². The van der Waals surface area contributed by atoms with E-state index >= 15 is 0 Å². The lowest BCUT2D eigenvalue weighted by Crippen LogP contribution is -2.43. The molecule has 2 rings (SSSR count). The molecule has 1 aliphatic rings. The van der Waals surface area contributed by atoms with E-state index in [9.17, 15) is 8.42 Å². The number of hydrogen-bond acceptors (Lipinski definition) is 4. The minimum Gasteiger partial charge on any atom is -0.387 e. The molecule has 1 aromatic rings. The smallest absolute Gasteiger partial charge is 0.246 e. The fraction of sp³-hybridized carbons (Fsp3) is 0.615. The third kappa shape index (κ3) is 2.90. The number of nitrogens with one attached hydrogen (secondary N) is 1. The number of sulfonamides is 1. The molecule has 1 fully saturated rings. The van der Waals surface area contributed by atoms with Crippen molar-refractivity contribution in [3.63, 3.8) is 0 Å². The maximum absolute atomic E-state index is 12.7. The maximum atomic E-state index is 12.7. The second kappa shape index (κ2) is 5.09. The molecule has 0 atom stereocenters. The lowest BCUT2D eigenvalue weighted by Gasteiger charge is -2.37. The van der Waals surface area contributed by atoms with Gasteiger partial charge in [-0.15, -0.1) is 0 Å². The second-order valence-electron chi connectivity index (χ2n) is 5.73. The van der Waals surface area contributed by atoms with Crippen LogP contribution in [0.1, 0.15) is 26.7 Å². The molecule has 1 aromatic heterocycles. The number of anilines is 1. The van der Waals surface area contributed by atoms with Crippen LogP contribution in [0.3, 0.4) is 0 Å². The van der Waals surface area contributed by atoms with Crippen LogP contribution in [0.15, 0.2) is 23.4 Å². The molecule has 6 heteroatoms. The van der Waals surface area contributed by atoms with Gasteiger partial charge in [-0.05, 0) is 24.3 Å². The Morgan fingerprint density at radius 2 is 2.16 bits per heavy atom. The monoisotopic (exact) mass is 283 g/mol. The largest absolute Gasteiger partial charge is 0.387 e. The number of pyridine rings is 1. The summed E-state index contributed by atoms with van der Waals surface area (Å²) in [6, 6.07) is 1.68. The predicted octanol–water partition coefficient (Wildman–Crippen LogP) is 1.93. The van der Waals surface area contributed by atoms with Crippen molar-refractivity contribution in [2.45, 2.75) is 31.6 Å². The summed E-state index contributed by atoms with van der Waals surface area (Å²) in [7, 11) is -1.75. The van der Waals surface area contributed by atoms with Crippen molar-refractivity contribution in [3.8, 4) is 0 Å². The molecule has 0 radical (unpaired) electrons. The molecule has 0 unspecified atom stereocenters. The zero-order valence-corrected chi connectivity index (χ0v) is 12.5. The average molecular weight is 283 g/mol. The molecule has 1 aliphatic heterocycles. The van der Waals surface area contributed by atoms with Gasteiger partial charge in [0.25, 0.3) is 0 Å². The zero-order valence-electron chi connectivity index (χ0n) is 11.7. The Hall–Kier alpha value is -1.14. The van der Waals surface area contributed by atoms with Gasteiger partial charge in [-0.2, -0.15) is 4.31 Å². The molecular formula is C13H21N3O2S. The van der Waals surface area contributed by atoms with Crippen molar-refractivity contribution in [2.75, 3.05) is 25.5 Å². The molecule has 0 saturated carbocycles. The van der Waals surface area contributed by atoms with Crippen LogP contribution in [0.4, 0.5) is 5.69 Å². The third-order valence-electron chi connectivity index (χ3n) is 3.54. The normalized spacial score (nSPS) is 20.2. The average Bonchev–Trinajstić information content (AvgIpc) is 2.37. The van der Waals surface area contributed by atoms with Gasteiger partial charge in [-0.1, -0.05) is 13.8 Å². The molecule has 1 N–H and O–H groups in total. The number of aromatic nitrogens is 1. The Morgan fingerprint density at radius 1 is 1.42 bits per heavy atom. The van der Waals surface area contributed by atoms with E-state index in [0.717, 1.165) is 12.8 Å². The molecular weight excluding hydrogens is 262 g/mol. The standard InChI is InChI=1S/C13H21N3O2S/c1-13(2)6-4-8-16(10-13)19(17,18)12-9-15-7-5-11(12)14-3/h5,7,9H,4,6,8,10H2,1-3H3,(H,14,15). The first kappa shape index (κ1) is 14.3. The van der Waals surface area contributed by atoms with Crippen molar-refractivity contribution < 1.29 is 8.42 Å². The third-order valence-corrected chi connectivity index (χ3v) is 5.41. The molecule has 1 saturated heterocycles. The first-order chi connectivity index (χ1) is 8.87. The van der Waals surface area contributed by atoms with E-state index in [1.54, 1.807) is 23.6 Å². The van der Waals surface area contributed by atoms with Gasteiger partial charge in [-0.25, -0.2) is 8.42 Å². The second-order valence-corrected chi connectivity index (χ2v) is 7.63. The van der Waals surface area contributed by atoms with E-state index in [-0.39, 0.29) is 10.3 Å². The van der Waals surface area contributed by atoms with E-state index < -0.39 is 10.0 Å². The molecule has 0 amide bonds. The Kier molecular flexibility index (Phi) is 3.82. The molecule has 19 heavy (non-hydrogen) atoms. The van der Waals surface area contributed by atoms with Crippen LogP contribution in [0.25, 0.3) is 0 Å². The summed E-state index contributed by atoms with van der Waals surface area (Å²) in [5.74, 6) is 0.